The second kappa shape index (κ2) is 10.2. The number of aryl methyl sites for hydroxylation is 1. The first-order chi connectivity index (χ1) is 15.9. The van der Waals surface area contributed by atoms with E-state index in [1.54, 1.807) is 22.8 Å². The maximum Gasteiger partial charge on any atom is 0.338 e. The topological polar surface area (TPSA) is 115 Å². The molecule has 10 heteroatoms. The zero-order valence-corrected chi connectivity index (χ0v) is 19.2. The Morgan fingerprint density at radius 3 is 2.76 bits per heavy atom. The molecule has 0 bridgehead atoms. The van der Waals surface area contributed by atoms with Gasteiger partial charge in [-0.3, -0.25) is 4.98 Å². The van der Waals surface area contributed by atoms with Gasteiger partial charge in [0.1, 0.15) is 0 Å². The molecule has 2 aromatic heterocycles. The largest absolute Gasteiger partial charge is 0.462 e. The molecule has 1 atom stereocenters. The van der Waals surface area contributed by atoms with Crippen molar-refractivity contribution in [2.45, 2.75) is 50.0 Å². The third-order valence-electron chi connectivity index (χ3n) is 5.59. The van der Waals surface area contributed by atoms with Crippen molar-refractivity contribution in [1.82, 2.24) is 19.4 Å². The summed E-state index contributed by atoms with van der Waals surface area (Å²) in [5.74, 6) is 0.405. The maximum atomic E-state index is 12.9. The van der Waals surface area contributed by atoms with Crippen LogP contribution in [-0.2, 0) is 21.2 Å². The number of ether oxygens (including phenoxy) is 1. The van der Waals surface area contributed by atoms with Crippen LogP contribution in [0.15, 0.2) is 58.2 Å². The van der Waals surface area contributed by atoms with E-state index in [1.807, 2.05) is 13.0 Å². The fourth-order valence-corrected chi connectivity index (χ4v) is 5.47. The number of hydrogen-bond donors (Lipinski definition) is 0. The van der Waals surface area contributed by atoms with Gasteiger partial charge in [0.2, 0.25) is 21.7 Å². The van der Waals surface area contributed by atoms with E-state index in [0.29, 0.717) is 36.7 Å². The average Bonchev–Trinajstić information content (AvgIpc) is 3.31. The summed E-state index contributed by atoms with van der Waals surface area (Å²) in [6.45, 7) is 2.63. The zero-order valence-electron chi connectivity index (χ0n) is 18.4. The van der Waals surface area contributed by atoms with Crippen molar-refractivity contribution < 1.29 is 22.5 Å². The Hall–Kier alpha value is -3.11. The highest BCUT2D eigenvalue weighted by Crippen LogP contribution is 2.25. The number of hydrogen-bond acceptors (Lipinski definition) is 8. The molecule has 1 aromatic carbocycles. The molecule has 0 amide bonds. The van der Waals surface area contributed by atoms with Gasteiger partial charge in [0.25, 0.3) is 0 Å². The Kier molecular flexibility index (Phi) is 7.14. The van der Waals surface area contributed by atoms with Crippen LogP contribution in [-0.4, -0.2) is 53.0 Å². The molecule has 0 aliphatic carbocycles. The van der Waals surface area contributed by atoms with Crippen molar-refractivity contribution in [2.75, 3.05) is 13.2 Å². The molecule has 0 saturated carbocycles. The van der Waals surface area contributed by atoms with E-state index < -0.39 is 16.0 Å². The Balaban J connectivity index is 1.27. The van der Waals surface area contributed by atoms with Crippen LogP contribution in [0.25, 0.3) is 11.4 Å². The van der Waals surface area contributed by atoms with E-state index in [9.17, 15) is 13.2 Å². The van der Waals surface area contributed by atoms with Crippen LogP contribution in [0.1, 0.15) is 48.9 Å². The van der Waals surface area contributed by atoms with Crippen molar-refractivity contribution in [1.29, 1.82) is 0 Å². The smallest absolute Gasteiger partial charge is 0.338 e. The normalized spacial score (nSPS) is 17.1. The molecule has 33 heavy (non-hydrogen) atoms. The minimum Gasteiger partial charge on any atom is -0.462 e. The molecule has 1 saturated heterocycles. The van der Waals surface area contributed by atoms with E-state index in [2.05, 4.69) is 15.1 Å². The lowest BCUT2D eigenvalue weighted by atomic mass is 10.1. The highest BCUT2D eigenvalue weighted by Gasteiger charge is 2.31. The summed E-state index contributed by atoms with van der Waals surface area (Å²) in [6, 6.07) is 9.52. The quantitative estimate of drug-likeness (QED) is 0.363. The van der Waals surface area contributed by atoms with E-state index >= 15 is 0 Å². The van der Waals surface area contributed by atoms with Crippen LogP contribution in [0, 0.1) is 0 Å². The van der Waals surface area contributed by atoms with Gasteiger partial charge in [0.15, 0.2) is 0 Å². The van der Waals surface area contributed by atoms with Crippen molar-refractivity contribution in [3.05, 3.63) is 60.2 Å². The zero-order chi connectivity index (χ0) is 23.3. The SMILES string of the molecule is CC1CCCCN1S(=O)(=O)c1ccc(C(=O)OCCCc2nc(-c3cccnc3)no2)cc1. The van der Waals surface area contributed by atoms with Gasteiger partial charge in [-0.05, 0) is 62.6 Å². The van der Waals surface area contributed by atoms with Crippen molar-refractivity contribution in [2.24, 2.45) is 0 Å². The number of carbonyl (C=O) groups is 1. The lowest BCUT2D eigenvalue weighted by Crippen LogP contribution is -2.41. The monoisotopic (exact) mass is 470 g/mol. The summed E-state index contributed by atoms with van der Waals surface area (Å²) < 4.78 is 37.9. The number of piperidine rings is 1. The Bertz CT molecular complexity index is 1180. The summed E-state index contributed by atoms with van der Waals surface area (Å²) >= 11 is 0. The molecule has 1 unspecified atom stereocenters. The summed E-state index contributed by atoms with van der Waals surface area (Å²) in [5.41, 5.74) is 1.07. The molecule has 3 aromatic rings. The van der Waals surface area contributed by atoms with Gasteiger partial charge in [0.05, 0.1) is 17.1 Å². The first-order valence-electron chi connectivity index (χ1n) is 11.0. The van der Waals surface area contributed by atoms with Gasteiger partial charge in [-0.25, -0.2) is 13.2 Å². The minimum absolute atomic E-state index is 0.0207. The van der Waals surface area contributed by atoms with Gasteiger partial charge in [-0.15, -0.1) is 0 Å². The second-order valence-corrected chi connectivity index (χ2v) is 9.87. The highest BCUT2D eigenvalue weighted by atomic mass is 32.2. The lowest BCUT2D eigenvalue weighted by Gasteiger charge is -2.32. The standard InChI is InChI=1S/C23H26N4O5S/c1-17-6-2-3-14-27(17)33(29,30)20-11-9-18(10-12-20)23(28)31-15-5-8-21-25-22(26-32-21)19-7-4-13-24-16-19/h4,7,9-13,16-17H,2-3,5-6,8,14-15H2,1H3. The molecule has 0 radical (unpaired) electrons. The van der Waals surface area contributed by atoms with Gasteiger partial charge in [0, 0.05) is 37.0 Å². The van der Waals surface area contributed by atoms with Gasteiger partial charge in [-0.1, -0.05) is 11.6 Å². The summed E-state index contributed by atoms with van der Waals surface area (Å²) in [5, 5.41) is 3.93. The number of pyridine rings is 1. The van der Waals surface area contributed by atoms with E-state index in [4.69, 9.17) is 9.26 Å². The molecule has 3 heterocycles. The number of nitrogens with zero attached hydrogens (tertiary/aromatic N) is 4. The van der Waals surface area contributed by atoms with Crippen molar-refractivity contribution in [3.63, 3.8) is 0 Å². The maximum absolute atomic E-state index is 12.9. The van der Waals surface area contributed by atoms with Crippen LogP contribution in [0.2, 0.25) is 0 Å². The molecule has 9 nitrogen and oxygen atoms in total. The van der Waals surface area contributed by atoms with Crippen molar-refractivity contribution >= 4 is 16.0 Å². The second-order valence-electron chi connectivity index (χ2n) is 7.98. The number of rotatable bonds is 8. The van der Waals surface area contributed by atoms with Gasteiger partial charge >= 0.3 is 5.97 Å². The summed E-state index contributed by atoms with van der Waals surface area (Å²) in [6.07, 6.45) is 7.06. The van der Waals surface area contributed by atoms with E-state index in [1.165, 1.54) is 24.3 Å². The third-order valence-corrected chi connectivity index (χ3v) is 7.62. The fraction of sp³-hybridized carbons (Fsp3) is 0.391. The molecule has 0 N–H and O–H groups in total. The van der Waals surface area contributed by atoms with Gasteiger partial charge in [-0.2, -0.15) is 9.29 Å². The third kappa shape index (κ3) is 5.45. The van der Waals surface area contributed by atoms with Gasteiger partial charge < -0.3 is 9.26 Å². The Morgan fingerprint density at radius 1 is 1.21 bits per heavy atom. The number of carbonyl (C=O) groups excluding carboxylic acids is 1. The molecule has 4 rings (SSSR count). The summed E-state index contributed by atoms with van der Waals surface area (Å²) in [7, 11) is -3.57. The highest BCUT2D eigenvalue weighted by molar-refractivity contribution is 7.89. The number of esters is 1. The fourth-order valence-electron chi connectivity index (χ4n) is 3.77. The van der Waals surface area contributed by atoms with Crippen molar-refractivity contribution in [3.8, 4) is 11.4 Å². The molecule has 0 spiro atoms. The van der Waals surface area contributed by atoms with Crippen LogP contribution in [0.3, 0.4) is 0 Å². The summed E-state index contributed by atoms with van der Waals surface area (Å²) in [4.78, 5) is 20.8. The van der Waals surface area contributed by atoms with E-state index in [0.717, 1.165) is 24.8 Å². The molecule has 1 fully saturated rings. The first kappa shape index (κ1) is 23.1. The first-order valence-corrected chi connectivity index (χ1v) is 12.4. The van der Waals surface area contributed by atoms with Crippen LogP contribution in [0.4, 0.5) is 0 Å². The predicted octanol–water partition coefficient (Wildman–Crippen LogP) is 3.48. The number of sulfonamides is 1. The average molecular weight is 471 g/mol. The predicted molar refractivity (Wildman–Crippen MR) is 120 cm³/mol. The molecule has 1 aliphatic heterocycles. The molecular weight excluding hydrogens is 444 g/mol. The van der Waals surface area contributed by atoms with E-state index in [-0.39, 0.29) is 17.5 Å². The van der Waals surface area contributed by atoms with Crippen LogP contribution >= 0.6 is 0 Å². The van der Waals surface area contributed by atoms with Crippen LogP contribution in [0.5, 0.6) is 0 Å². The lowest BCUT2D eigenvalue weighted by molar-refractivity contribution is 0.0498. The molecule has 174 valence electrons. The minimum atomic E-state index is -3.57. The Morgan fingerprint density at radius 2 is 2.03 bits per heavy atom. The van der Waals surface area contributed by atoms with Crippen LogP contribution < -0.4 is 0 Å². The molecular formula is C23H26N4O5S. The Labute approximate surface area is 192 Å². The molecule has 1 aliphatic rings. The number of aromatic nitrogens is 3. The number of benzene rings is 1.